The molecule has 0 amide bonds. The van der Waals surface area contributed by atoms with Gasteiger partial charge < -0.3 is 9.84 Å². The van der Waals surface area contributed by atoms with Gasteiger partial charge in [0.15, 0.2) is 6.61 Å². The quantitative estimate of drug-likeness (QED) is 0.843. The Balaban J connectivity index is 2.93. The number of carboxylic acids is 1. The van der Waals surface area contributed by atoms with Crippen LogP contribution >= 0.6 is 11.6 Å². The fourth-order valence-electron chi connectivity index (χ4n) is 0.841. The maximum absolute atomic E-state index is 11.8. The van der Waals surface area contributed by atoms with Gasteiger partial charge in [0.05, 0.1) is 0 Å². The smallest absolute Gasteiger partial charge is 0.422 e. The summed E-state index contributed by atoms with van der Waals surface area (Å²) in [6.07, 6.45) is -4.57. The highest BCUT2D eigenvalue weighted by molar-refractivity contribution is 6.29. The lowest BCUT2D eigenvalue weighted by Crippen LogP contribution is -2.20. The average molecular weight is 256 g/mol. The van der Waals surface area contributed by atoms with Gasteiger partial charge >= 0.3 is 12.1 Å². The SMILES string of the molecule is O=C(O)c1ccc(Cl)nc1OCC(F)(F)F. The largest absolute Gasteiger partial charge is 0.477 e. The Bertz CT molecular complexity index is 408. The Hall–Kier alpha value is -1.50. The first-order chi connectivity index (χ1) is 7.29. The number of ether oxygens (including phenoxy) is 1. The monoisotopic (exact) mass is 255 g/mol. The van der Waals surface area contributed by atoms with Crippen molar-refractivity contribution in [3.63, 3.8) is 0 Å². The number of aromatic nitrogens is 1. The normalized spacial score (nSPS) is 11.2. The van der Waals surface area contributed by atoms with E-state index in [1.807, 2.05) is 0 Å². The highest BCUT2D eigenvalue weighted by atomic mass is 35.5. The van der Waals surface area contributed by atoms with Crippen LogP contribution in [-0.4, -0.2) is 28.8 Å². The summed E-state index contributed by atoms with van der Waals surface area (Å²) in [5, 5.41) is 8.49. The van der Waals surface area contributed by atoms with Crippen LogP contribution in [0.2, 0.25) is 5.15 Å². The molecular weight excluding hydrogens is 251 g/mol. The molecule has 1 heterocycles. The highest BCUT2D eigenvalue weighted by Gasteiger charge is 2.29. The second kappa shape index (κ2) is 4.56. The number of aromatic carboxylic acids is 1. The summed E-state index contributed by atoms with van der Waals surface area (Å²) in [5.74, 6) is -2.10. The van der Waals surface area contributed by atoms with E-state index < -0.39 is 30.2 Å². The van der Waals surface area contributed by atoms with Gasteiger partial charge in [-0.15, -0.1) is 0 Å². The Morgan fingerprint density at radius 3 is 2.62 bits per heavy atom. The molecule has 1 aromatic heterocycles. The Kier molecular flexibility index (Phi) is 3.58. The fourth-order valence-corrected chi connectivity index (χ4v) is 0.981. The van der Waals surface area contributed by atoms with Crippen LogP contribution in [0.4, 0.5) is 13.2 Å². The van der Waals surface area contributed by atoms with Crippen LogP contribution in [0, 0.1) is 0 Å². The molecular formula is C8H5ClF3NO3. The van der Waals surface area contributed by atoms with Crippen molar-refractivity contribution in [1.29, 1.82) is 0 Å². The number of carbonyl (C=O) groups is 1. The molecule has 0 aliphatic rings. The lowest BCUT2D eigenvalue weighted by atomic mass is 10.3. The van der Waals surface area contributed by atoms with Gasteiger partial charge in [-0.2, -0.15) is 13.2 Å². The first kappa shape index (κ1) is 12.6. The van der Waals surface area contributed by atoms with Gasteiger partial charge in [0.25, 0.3) is 0 Å². The van der Waals surface area contributed by atoms with Crippen LogP contribution in [0.5, 0.6) is 5.88 Å². The lowest BCUT2D eigenvalue weighted by molar-refractivity contribution is -0.154. The van der Waals surface area contributed by atoms with Crippen LogP contribution < -0.4 is 4.74 Å². The average Bonchev–Trinajstić information content (AvgIpc) is 2.13. The van der Waals surface area contributed by atoms with Gasteiger partial charge in [-0.3, -0.25) is 0 Å². The number of pyridine rings is 1. The molecule has 0 saturated heterocycles. The number of rotatable bonds is 3. The molecule has 88 valence electrons. The van der Waals surface area contributed by atoms with E-state index in [0.717, 1.165) is 12.1 Å². The van der Waals surface area contributed by atoms with Crippen molar-refractivity contribution in [2.45, 2.75) is 6.18 Å². The topological polar surface area (TPSA) is 59.4 Å². The van der Waals surface area contributed by atoms with E-state index in [-0.39, 0.29) is 5.15 Å². The van der Waals surface area contributed by atoms with E-state index in [1.165, 1.54) is 0 Å². The number of halogens is 4. The maximum atomic E-state index is 11.8. The Morgan fingerprint density at radius 2 is 2.12 bits per heavy atom. The van der Waals surface area contributed by atoms with Crippen LogP contribution in [-0.2, 0) is 0 Å². The number of hydrogen-bond donors (Lipinski definition) is 1. The number of nitrogens with zero attached hydrogens (tertiary/aromatic N) is 1. The number of alkyl halides is 3. The molecule has 0 aliphatic carbocycles. The van der Waals surface area contributed by atoms with Crippen molar-refractivity contribution in [2.24, 2.45) is 0 Å². The summed E-state index contributed by atoms with van der Waals surface area (Å²) in [7, 11) is 0. The second-order valence-electron chi connectivity index (χ2n) is 2.70. The third-order valence-corrected chi connectivity index (χ3v) is 1.64. The van der Waals surface area contributed by atoms with Gasteiger partial charge in [-0.1, -0.05) is 11.6 Å². The first-order valence-corrected chi connectivity index (χ1v) is 4.27. The molecule has 1 N–H and O–H groups in total. The minimum Gasteiger partial charge on any atom is -0.477 e. The molecule has 0 radical (unpaired) electrons. The van der Waals surface area contributed by atoms with Crippen molar-refractivity contribution < 1.29 is 27.8 Å². The molecule has 0 aromatic carbocycles. The highest BCUT2D eigenvalue weighted by Crippen LogP contribution is 2.22. The predicted octanol–water partition coefficient (Wildman–Crippen LogP) is 2.37. The summed E-state index contributed by atoms with van der Waals surface area (Å²) < 4.78 is 39.8. The molecule has 0 saturated carbocycles. The van der Waals surface area contributed by atoms with Crippen LogP contribution in [0.25, 0.3) is 0 Å². The molecule has 0 atom stereocenters. The summed E-state index contributed by atoms with van der Waals surface area (Å²) in [6, 6.07) is 2.16. The van der Waals surface area contributed by atoms with E-state index >= 15 is 0 Å². The van der Waals surface area contributed by atoms with Gasteiger partial charge in [-0.25, -0.2) is 9.78 Å². The zero-order valence-corrected chi connectivity index (χ0v) is 8.34. The Labute approximate surface area is 92.6 Å². The maximum Gasteiger partial charge on any atom is 0.422 e. The van der Waals surface area contributed by atoms with E-state index in [4.69, 9.17) is 16.7 Å². The lowest BCUT2D eigenvalue weighted by Gasteiger charge is -2.10. The summed E-state index contributed by atoms with van der Waals surface area (Å²) >= 11 is 5.41. The molecule has 8 heteroatoms. The predicted molar refractivity (Wildman–Crippen MR) is 47.8 cm³/mol. The van der Waals surface area contributed by atoms with Gasteiger partial charge in [0.2, 0.25) is 5.88 Å². The number of carboxylic acid groups (broad SMARTS) is 1. The van der Waals surface area contributed by atoms with Gasteiger partial charge in [0.1, 0.15) is 10.7 Å². The van der Waals surface area contributed by atoms with E-state index in [9.17, 15) is 18.0 Å². The summed E-state index contributed by atoms with van der Waals surface area (Å²) in [5.41, 5.74) is -0.478. The second-order valence-corrected chi connectivity index (χ2v) is 3.08. The zero-order chi connectivity index (χ0) is 12.3. The van der Waals surface area contributed by atoms with Crippen molar-refractivity contribution in [3.8, 4) is 5.88 Å². The van der Waals surface area contributed by atoms with Crippen molar-refractivity contribution in [1.82, 2.24) is 4.98 Å². The van der Waals surface area contributed by atoms with Gasteiger partial charge in [-0.05, 0) is 12.1 Å². The standard InChI is InChI=1S/C8H5ClF3NO3/c9-5-2-1-4(7(14)15)6(13-5)16-3-8(10,11)12/h1-2H,3H2,(H,14,15). The van der Waals surface area contributed by atoms with Crippen molar-refractivity contribution in [2.75, 3.05) is 6.61 Å². The molecule has 0 unspecified atom stereocenters. The summed E-state index contributed by atoms with van der Waals surface area (Å²) in [4.78, 5) is 14.0. The van der Waals surface area contributed by atoms with Gasteiger partial charge in [0, 0.05) is 0 Å². The molecule has 0 fully saturated rings. The summed E-state index contributed by atoms with van der Waals surface area (Å²) in [6.45, 7) is -1.62. The van der Waals surface area contributed by atoms with Crippen molar-refractivity contribution in [3.05, 3.63) is 22.8 Å². The molecule has 16 heavy (non-hydrogen) atoms. The third-order valence-electron chi connectivity index (χ3n) is 1.43. The molecule has 1 aromatic rings. The van der Waals surface area contributed by atoms with Crippen LogP contribution in [0.3, 0.4) is 0 Å². The van der Waals surface area contributed by atoms with Crippen LogP contribution in [0.1, 0.15) is 10.4 Å². The third kappa shape index (κ3) is 3.58. The molecule has 0 spiro atoms. The minimum atomic E-state index is -4.57. The Morgan fingerprint density at radius 1 is 1.50 bits per heavy atom. The fraction of sp³-hybridized carbons (Fsp3) is 0.250. The molecule has 0 bridgehead atoms. The van der Waals surface area contributed by atoms with E-state index in [2.05, 4.69) is 9.72 Å². The first-order valence-electron chi connectivity index (χ1n) is 3.89. The van der Waals surface area contributed by atoms with Crippen LogP contribution in [0.15, 0.2) is 12.1 Å². The molecule has 4 nitrogen and oxygen atoms in total. The zero-order valence-electron chi connectivity index (χ0n) is 7.58. The van der Waals surface area contributed by atoms with E-state index in [1.54, 1.807) is 0 Å². The number of hydrogen-bond acceptors (Lipinski definition) is 3. The minimum absolute atomic E-state index is 0.151. The van der Waals surface area contributed by atoms with E-state index in [0.29, 0.717) is 0 Å². The molecule has 0 aliphatic heterocycles. The molecule has 1 rings (SSSR count). The van der Waals surface area contributed by atoms with Crippen molar-refractivity contribution >= 4 is 17.6 Å².